The molecule has 3 N–H and O–H groups in total. The van der Waals surface area contributed by atoms with Gasteiger partial charge in [-0.3, -0.25) is 9.69 Å². The minimum atomic E-state index is 0.0558. The first kappa shape index (κ1) is 15.8. The highest BCUT2D eigenvalue weighted by Gasteiger charge is 2.31. The molecule has 21 heavy (non-hydrogen) atoms. The smallest absolute Gasteiger partial charge is 0.238 e. The molecule has 0 aromatic heterocycles. The summed E-state index contributed by atoms with van der Waals surface area (Å²) in [4.78, 5) is 14.3. The lowest BCUT2D eigenvalue weighted by molar-refractivity contribution is -0.117. The normalized spacial score (nSPS) is 18.4. The number of nitrogens with zero attached hydrogens (tertiary/aromatic N) is 1. The van der Waals surface area contributed by atoms with E-state index in [-0.39, 0.29) is 5.91 Å². The van der Waals surface area contributed by atoms with Crippen molar-refractivity contribution < 1.29 is 4.79 Å². The summed E-state index contributed by atoms with van der Waals surface area (Å²) < 4.78 is 0. The lowest BCUT2D eigenvalue weighted by atomic mass is 9.74. The number of carbonyl (C=O) groups is 1. The average molecular weight is 289 g/mol. The van der Waals surface area contributed by atoms with Crippen LogP contribution in [0, 0.1) is 5.41 Å². The molecule has 1 amide bonds. The maximum Gasteiger partial charge on any atom is 0.238 e. The number of nitrogens with two attached hydrogens (primary N) is 1. The number of anilines is 2. The van der Waals surface area contributed by atoms with Crippen LogP contribution in [0.5, 0.6) is 0 Å². The van der Waals surface area contributed by atoms with Crippen LogP contribution in [0.1, 0.15) is 39.5 Å². The van der Waals surface area contributed by atoms with E-state index >= 15 is 0 Å². The number of carbonyl (C=O) groups excluding carboxylic acids is 1. The van der Waals surface area contributed by atoms with Gasteiger partial charge in [0.1, 0.15) is 0 Å². The van der Waals surface area contributed by atoms with Crippen LogP contribution >= 0.6 is 0 Å². The van der Waals surface area contributed by atoms with Gasteiger partial charge in [0, 0.05) is 11.4 Å². The van der Waals surface area contributed by atoms with E-state index in [1.807, 2.05) is 12.1 Å². The molecule has 1 aliphatic heterocycles. The SMILES string of the molecule is CCC1(CC)CCN(CC(=O)Nc2ccc(N)cc2)CC1. The Labute approximate surface area is 127 Å². The molecule has 1 saturated heterocycles. The third kappa shape index (κ3) is 4.21. The van der Waals surface area contributed by atoms with E-state index in [9.17, 15) is 4.79 Å². The second kappa shape index (κ2) is 6.94. The molecule has 0 unspecified atom stereocenters. The molecule has 1 aromatic rings. The number of piperidine rings is 1. The molecule has 1 heterocycles. The van der Waals surface area contributed by atoms with Crippen molar-refractivity contribution in [3.05, 3.63) is 24.3 Å². The first-order valence-corrected chi connectivity index (χ1v) is 7.94. The fourth-order valence-electron chi connectivity index (χ4n) is 3.11. The van der Waals surface area contributed by atoms with Crippen molar-refractivity contribution in [2.24, 2.45) is 5.41 Å². The van der Waals surface area contributed by atoms with Gasteiger partial charge < -0.3 is 11.1 Å². The number of rotatable bonds is 5. The van der Waals surface area contributed by atoms with Crippen molar-refractivity contribution >= 4 is 17.3 Å². The molecular weight excluding hydrogens is 262 g/mol. The van der Waals surface area contributed by atoms with E-state index in [1.54, 1.807) is 12.1 Å². The van der Waals surface area contributed by atoms with Gasteiger partial charge in [-0.25, -0.2) is 0 Å². The Morgan fingerprint density at radius 3 is 2.29 bits per heavy atom. The van der Waals surface area contributed by atoms with E-state index in [4.69, 9.17) is 5.73 Å². The second-order valence-electron chi connectivity index (χ2n) is 6.15. The van der Waals surface area contributed by atoms with Crippen LogP contribution in [0.25, 0.3) is 0 Å². The maximum absolute atomic E-state index is 12.1. The van der Waals surface area contributed by atoms with Gasteiger partial charge in [0.05, 0.1) is 6.54 Å². The molecule has 0 saturated carbocycles. The fraction of sp³-hybridized carbons (Fsp3) is 0.588. The average Bonchev–Trinajstić information content (AvgIpc) is 2.51. The van der Waals surface area contributed by atoms with Gasteiger partial charge in [-0.2, -0.15) is 0 Å². The highest BCUT2D eigenvalue weighted by molar-refractivity contribution is 5.92. The molecule has 2 rings (SSSR count). The number of nitrogens with one attached hydrogen (secondary N) is 1. The lowest BCUT2D eigenvalue weighted by Gasteiger charge is -2.40. The van der Waals surface area contributed by atoms with Crippen LogP contribution in [0.2, 0.25) is 0 Å². The van der Waals surface area contributed by atoms with Crippen LogP contribution in [0.4, 0.5) is 11.4 Å². The fourth-order valence-corrected chi connectivity index (χ4v) is 3.11. The molecule has 0 bridgehead atoms. The van der Waals surface area contributed by atoms with Gasteiger partial charge in [-0.05, 0) is 55.6 Å². The Morgan fingerprint density at radius 1 is 1.19 bits per heavy atom. The van der Waals surface area contributed by atoms with Gasteiger partial charge in [0.25, 0.3) is 0 Å². The highest BCUT2D eigenvalue weighted by Crippen LogP contribution is 2.37. The van der Waals surface area contributed by atoms with Crippen LogP contribution in [-0.4, -0.2) is 30.4 Å². The first-order chi connectivity index (χ1) is 10.1. The summed E-state index contributed by atoms with van der Waals surface area (Å²) in [6, 6.07) is 7.27. The molecule has 1 aromatic carbocycles. The van der Waals surface area contributed by atoms with E-state index in [1.165, 1.54) is 25.7 Å². The standard InChI is InChI=1S/C17H27N3O/c1-3-17(4-2)9-11-20(12-10-17)13-16(21)19-15-7-5-14(18)6-8-15/h5-8H,3-4,9-13,18H2,1-2H3,(H,19,21). The van der Waals surface area contributed by atoms with Gasteiger partial charge >= 0.3 is 0 Å². The number of nitrogen functional groups attached to an aromatic ring is 1. The number of hydrogen-bond acceptors (Lipinski definition) is 3. The van der Waals surface area contributed by atoms with E-state index in [0.29, 0.717) is 17.6 Å². The molecule has 1 aliphatic rings. The lowest BCUT2D eigenvalue weighted by Crippen LogP contribution is -2.43. The molecule has 4 nitrogen and oxygen atoms in total. The Balaban J connectivity index is 1.80. The minimum absolute atomic E-state index is 0.0558. The van der Waals surface area contributed by atoms with Gasteiger partial charge in [-0.15, -0.1) is 0 Å². The van der Waals surface area contributed by atoms with Gasteiger partial charge in [0.2, 0.25) is 5.91 Å². The zero-order valence-electron chi connectivity index (χ0n) is 13.2. The van der Waals surface area contributed by atoms with Crippen molar-refractivity contribution in [1.82, 2.24) is 4.90 Å². The van der Waals surface area contributed by atoms with Crippen LogP contribution < -0.4 is 11.1 Å². The summed E-state index contributed by atoms with van der Waals surface area (Å²) in [6.07, 6.45) is 4.90. The topological polar surface area (TPSA) is 58.4 Å². The van der Waals surface area contributed by atoms with E-state index < -0.39 is 0 Å². The first-order valence-electron chi connectivity index (χ1n) is 7.94. The number of likely N-dealkylation sites (tertiary alicyclic amines) is 1. The Bertz CT molecular complexity index is 455. The van der Waals surface area contributed by atoms with Crippen molar-refractivity contribution in [3.8, 4) is 0 Å². The van der Waals surface area contributed by atoms with Crippen molar-refractivity contribution in [2.45, 2.75) is 39.5 Å². The number of amides is 1. The summed E-state index contributed by atoms with van der Waals surface area (Å²) >= 11 is 0. The summed E-state index contributed by atoms with van der Waals surface area (Å²) in [5.74, 6) is 0.0558. The van der Waals surface area contributed by atoms with Gasteiger partial charge in [-0.1, -0.05) is 26.7 Å². The summed E-state index contributed by atoms with van der Waals surface area (Å²) in [5, 5.41) is 2.93. The molecule has 0 atom stereocenters. The molecule has 0 radical (unpaired) electrons. The molecule has 1 fully saturated rings. The Morgan fingerprint density at radius 2 is 1.76 bits per heavy atom. The summed E-state index contributed by atoms with van der Waals surface area (Å²) in [7, 11) is 0. The molecular formula is C17H27N3O. The zero-order valence-corrected chi connectivity index (χ0v) is 13.2. The predicted octanol–water partition coefficient (Wildman–Crippen LogP) is 3.11. The Hall–Kier alpha value is -1.55. The predicted molar refractivity (Wildman–Crippen MR) is 88.2 cm³/mol. The molecule has 4 heteroatoms. The van der Waals surface area contributed by atoms with Gasteiger partial charge in [0.15, 0.2) is 0 Å². The van der Waals surface area contributed by atoms with Crippen LogP contribution in [0.15, 0.2) is 24.3 Å². The second-order valence-corrected chi connectivity index (χ2v) is 6.15. The van der Waals surface area contributed by atoms with E-state index in [0.717, 1.165) is 18.8 Å². The van der Waals surface area contributed by atoms with Crippen molar-refractivity contribution in [1.29, 1.82) is 0 Å². The number of hydrogen-bond donors (Lipinski definition) is 2. The monoisotopic (exact) mass is 289 g/mol. The third-order valence-corrected chi connectivity index (χ3v) is 4.98. The van der Waals surface area contributed by atoms with E-state index in [2.05, 4.69) is 24.1 Å². The van der Waals surface area contributed by atoms with Crippen molar-refractivity contribution in [3.63, 3.8) is 0 Å². The molecule has 0 aliphatic carbocycles. The van der Waals surface area contributed by atoms with Crippen molar-refractivity contribution in [2.75, 3.05) is 30.7 Å². The third-order valence-electron chi connectivity index (χ3n) is 4.98. The largest absolute Gasteiger partial charge is 0.399 e. The maximum atomic E-state index is 12.1. The van der Waals surface area contributed by atoms with Crippen LogP contribution in [0.3, 0.4) is 0 Å². The Kier molecular flexibility index (Phi) is 5.23. The zero-order chi connectivity index (χ0) is 15.3. The minimum Gasteiger partial charge on any atom is -0.399 e. The summed E-state index contributed by atoms with van der Waals surface area (Å²) in [5.41, 5.74) is 7.66. The van der Waals surface area contributed by atoms with Crippen LogP contribution in [-0.2, 0) is 4.79 Å². The quantitative estimate of drug-likeness (QED) is 0.819. The summed E-state index contributed by atoms with van der Waals surface area (Å²) in [6.45, 7) is 7.10. The molecule has 0 spiro atoms. The molecule has 116 valence electrons. The number of benzene rings is 1. The highest BCUT2D eigenvalue weighted by atomic mass is 16.2.